The molecule has 0 spiro atoms. The first-order chi connectivity index (χ1) is 9.10. The van der Waals surface area contributed by atoms with E-state index in [0.717, 1.165) is 0 Å². The van der Waals surface area contributed by atoms with Crippen molar-refractivity contribution in [2.24, 2.45) is 0 Å². The van der Waals surface area contributed by atoms with Gasteiger partial charge in [0.2, 0.25) is 5.91 Å². The van der Waals surface area contributed by atoms with E-state index in [1.165, 1.54) is 12.1 Å². The average molecular weight is 278 g/mol. The molecule has 0 fully saturated rings. The first-order valence-electron chi connectivity index (χ1n) is 6.38. The molecule has 0 aliphatic rings. The summed E-state index contributed by atoms with van der Waals surface area (Å²) in [5.74, 6) is -0.654. The van der Waals surface area contributed by atoms with Crippen LogP contribution < -0.4 is 22.1 Å². The van der Waals surface area contributed by atoms with Crippen molar-refractivity contribution in [3.05, 3.63) is 23.8 Å². The van der Waals surface area contributed by atoms with Crippen LogP contribution in [0.25, 0.3) is 0 Å². The van der Waals surface area contributed by atoms with Crippen molar-refractivity contribution in [3.8, 4) is 0 Å². The molecule has 1 rings (SSSR count). The van der Waals surface area contributed by atoms with Crippen LogP contribution in [0.15, 0.2) is 18.2 Å². The van der Waals surface area contributed by atoms with E-state index in [-0.39, 0.29) is 17.1 Å². The smallest absolute Gasteiger partial charge is 0.254 e. The quantitative estimate of drug-likeness (QED) is 0.615. The fourth-order valence-electron chi connectivity index (χ4n) is 1.61. The lowest BCUT2D eigenvalue weighted by molar-refractivity contribution is -0.124. The first-order valence-corrected chi connectivity index (χ1v) is 6.38. The summed E-state index contributed by atoms with van der Waals surface area (Å²) < 4.78 is 0. The highest BCUT2D eigenvalue weighted by molar-refractivity contribution is 6.01. The fourth-order valence-corrected chi connectivity index (χ4v) is 1.61. The first kappa shape index (κ1) is 15.8. The molecule has 1 unspecified atom stereocenters. The van der Waals surface area contributed by atoms with Crippen molar-refractivity contribution in [1.82, 2.24) is 10.6 Å². The Kier molecular flexibility index (Phi) is 4.60. The van der Waals surface area contributed by atoms with E-state index in [0.29, 0.717) is 11.3 Å². The third-order valence-corrected chi connectivity index (χ3v) is 2.56. The van der Waals surface area contributed by atoms with Crippen molar-refractivity contribution >= 4 is 23.2 Å². The van der Waals surface area contributed by atoms with Crippen LogP contribution in [0.4, 0.5) is 11.4 Å². The number of amides is 2. The Bertz CT molecular complexity index is 520. The highest BCUT2D eigenvalue weighted by Crippen LogP contribution is 2.15. The molecule has 0 aliphatic carbocycles. The number of carbonyl (C=O) groups is 2. The lowest BCUT2D eigenvalue weighted by atomic mass is 10.1. The summed E-state index contributed by atoms with van der Waals surface area (Å²) in [5, 5.41) is 5.40. The van der Waals surface area contributed by atoms with Gasteiger partial charge in [-0.15, -0.1) is 0 Å². The van der Waals surface area contributed by atoms with E-state index < -0.39 is 11.9 Å². The predicted molar refractivity (Wildman–Crippen MR) is 80.1 cm³/mol. The Labute approximate surface area is 118 Å². The number of nitrogens with one attached hydrogen (secondary N) is 2. The fraction of sp³-hybridized carbons (Fsp3) is 0.429. The molecule has 0 aliphatic heterocycles. The standard InChI is InChI=1S/C14H22N4O2/c1-8(12(19)18-14(2,3)4)17-13(20)10-6-5-9(15)7-11(10)16/h5-8H,15-16H2,1-4H3,(H,17,20)(H,18,19). The van der Waals surface area contributed by atoms with Crippen LogP contribution in [0.5, 0.6) is 0 Å². The number of nitrogen functional groups attached to an aromatic ring is 2. The molecule has 0 saturated carbocycles. The summed E-state index contributed by atoms with van der Waals surface area (Å²) in [7, 11) is 0. The van der Waals surface area contributed by atoms with Gasteiger partial charge in [-0.25, -0.2) is 0 Å². The molecule has 2 amide bonds. The van der Waals surface area contributed by atoms with Gasteiger partial charge in [0.1, 0.15) is 6.04 Å². The average Bonchev–Trinajstić information content (AvgIpc) is 2.26. The Balaban J connectivity index is 2.73. The Hall–Kier alpha value is -2.24. The van der Waals surface area contributed by atoms with Gasteiger partial charge >= 0.3 is 0 Å². The van der Waals surface area contributed by atoms with E-state index in [1.54, 1.807) is 13.0 Å². The molecule has 0 bridgehead atoms. The minimum Gasteiger partial charge on any atom is -0.399 e. The molecule has 1 aromatic carbocycles. The molecule has 20 heavy (non-hydrogen) atoms. The number of hydrogen-bond donors (Lipinski definition) is 4. The van der Waals surface area contributed by atoms with Crippen LogP contribution >= 0.6 is 0 Å². The van der Waals surface area contributed by atoms with E-state index in [9.17, 15) is 9.59 Å². The van der Waals surface area contributed by atoms with Crippen LogP contribution in [0.2, 0.25) is 0 Å². The summed E-state index contributed by atoms with van der Waals surface area (Å²) >= 11 is 0. The molecule has 1 aromatic rings. The molecule has 0 radical (unpaired) electrons. The number of benzene rings is 1. The zero-order chi connectivity index (χ0) is 15.5. The zero-order valence-electron chi connectivity index (χ0n) is 12.3. The minimum atomic E-state index is -0.654. The van der Waals surface area contributed by atoms with Gasteiger partial charge in [-0.3, -0.25) is 9.59 Å². The van der Waals surface area contributed by atoms with E-state index in [4.69, 9.17) is 11.5 Å². The van der Waals surface area contributed by atoms with Crippen LogP contribution in [-0.4, -0.2) is 23.4 Å². The third-order valence-electron chi connectivity index (χ3n) is 2.56. The van der Waals surface area contributed by atoms with Gasteiger partial charge in [0.05, 0.1) is 5.56 Å². The molecule has 0 aromatic heterocycles. The van der Waals surface area contributed by atoms with Crippen molar-refractivity contribution in [3.63, 3.8) is 0 Å². The second-order valence-electron chi connectivity index (χ2n) is 5.78. The number of nitrogens with two attached hydrogens (primary N) is 2. The summed E-state index contributed by atoms with van der Waals surface area (Å²) in [5.41, 5.74) is 12.0. The summed E-state index contributed by atoms with van der Waals surface area (Å²) in [4.78, 5) is 23.9. The summed E-state index contributed by atoms with van der Waals surface area (Å²) in [6.07, 6.45) is 0. The second kappa shape index (κ2) is 5.81. The van der Waals surface area contributed by atoms with Gasteiger partial charge in [0.25, 0.3) is 5.91 Å². The Morgan fingerprint density at radius 3 is 2.30 bits per heavy atom. The highest BCUT2D eigenvalue weighted by Gasteiger charge is 2.21. The van der Waals surface area contributed by atoms with Crippen molar-refractivity contribution in [2.45, 2.75) is 39.3 Å². The molecule has 0 heterocycles. The molecule has 6 N–H and O–H groups in total. The van der Waals surface area contributed by atoms with E-state index >= 15 is 0 Å². The number of rotatable bonds is 3. The van der Waals surface area contributed by atoms with Gasteiger partial charge in [0.15, 0.2) is 0 Å². The zero-order valence-corrected chi connectivity index (χ0v) is 12.3. The van der Waals surface area contributed by atoms with Gasteiger partial charge in [-0.2, -0.15) is 0 Å². The molecular formula is C14H22N4O2. The predicted octanol–water partition coefficient (Wildman–Crippen LogP) is 0.884. The molecule has 110 valence electrons. The van der Waals surface area contributed by atoms with Gasteiger partial charge in [0, 0.05) is 16.9 Å². The second-order valence-corrected chi connectivity index (χ2v) is 5.78. The highest BCUT2D eigenvalue weighted by atomic mass is 16.2. The third kappa shape index (κ3) is 4.46. The Morgan fingerprint density at radius 1 is 1.20 bits per heavy atom. The molecule has 1 atom stereocenters. The normalized spacial score (nSPS) is 12.6. The number of carbonyl (C=O) groups excluding carboxylic acids is 2. The minimum absolute atomic E-state index is 0.250. The van der Waals surface area contributed by atoms with Crippen molar-refractivity contribution in [2.75, 3.05) is 11.5 Å². The maximum Gasteiger partial charge on any atom is 0.254 e. The Morgan fingerprint density at radius 2 is 1.80 bits per heavy atom. The van der Waals surface area contributed by atoms with Crippen LogP contribution in [0, 0.1) is 0 Å². The SMILES string of the molecule is CC(NC(=O)c1ccc(N)cc1N)C(=O)NC(C)(C)C. The lowest BCUT2D eigenvalue weighted by Gasteiger charge is -2.23. The maximum atomic E-state index is 12.0. The van der Waals surface area contributed by atoms with Gasteiger partial charge in [-0.05, 0) is 45.9 Å². The molecule has 6 heteroatoms. The number of anilines is 2. The summed E-state index contributed by atoms with van der Waals surface area (Å²) in [6.45, 7) is 7.23. The topological polar surface area (TPSA) is 110 Å². The van der Waals surface area contributed by atoms with Gasteiger partial charge in [-0.1, -0.05) is 0 Å². The van der Waals surface area contributed by atoms with Crippen LogP contribution in [-0.2, 0) is 4.79 Å². The van der Waals surface area contributed by atoms with Crippen LogP contribution in [0.3, 0.4) is 0 Å². The van der Waals surface area contributed by atoms with E-state index in [2.05, 4.69) is 10.6 Å². The van der Waals surface area contributed by atoms with Crippen molar-refractivity contribution in [1.29, 1.82) is 0 Å². The molecular weight excluding hydrogens is 256 g/mol. The largest absolute Gasteiger partial charge is 0.399 e. The molecule has 0 saturated heterocycles. The van der Waals surface area contributed by atoms with Crippen LogP contribution in [0.1, 0.15) is 38.1 Å². The molecule has 6 nitrogen and oxygen atoms in total. The van der Waals surface area contributed by atoms with Gasteiger partial charge < -0.3 is 22.1 Å². The monoisotopic (exact) mass is 278 g/mol. The van der Waals surface area contributed by atoms with E-state index in [1.807, 2.05) is 20.8 Å². The van der Waals surface area contributed by atoms with Crippen molar-refractivity contribution < 1.29 is 9.59 Å². The lowest BCUT2D eigenvalue weighted by Crippen LogP contribution is -2.50. The maximum absolute atomic E-state index is 12.0. The number of hydrogen-bond acceptors (Lipinski definition) is 4. The summed E-state index contributed by atoms with van der Waals surface area (Å²) in [6, 6.07) is 3.98.